The van der Waals surface area contributed by atoms with Crippen molar-refractivity contribution in [3.8, 4) is 0 Å². The van der Waals surface area contributed by atoms with Gasteiger partial charge in [0.2, 0.25) is 0 Å². The minimum absolute atomic E-state index is 0.211. The Labute approximate surface area is 113 Å². The van der Waals surface area contributed by atoms with Crippen LogP contribution in [-0.4, -0.2) is 16.2 Å². The first-order valence-corrected chi connectivity index (χ1v) is 6.59. The maximum atomic E-state index is 11.4. The van der Waals surface area contributed by atoms with Crippen LogP contribution in [0.4, 0.5) is 5.69 Å². The standard InChI is InChI=1S/C13H12BrN3O/c14-12-11(7-15-17-13(12)18)16-10-6-9(10)8-4-2-1-3-5-8/h1-5,7,9-10H,6H2,(H2,16,17,18). The fourth-order valence-electron chi connectivity index (χ4n) is 2.11. The van der Waals surface area contributed by atoms with Gasteiger partial charge in [-0.05, 0) is 27.9 Å². The molecule has 5 heteroatoms. The van der Waals surface area contributed by atoms with Crippen LogP contribution in [0.3, 0.4) is 0 Å². The Morgan fingerprint density at radius 3 is 2.89 bits per heavy atom. The summed E-state index contributed by atoms with van der Waals surface area (Å²) in [4.78, 5) is 11.4. The van der Waals surface area contributed by atoms with E-state index < -0.39 is 0 Å². The van der Waals surface area contributed by atoms with Crippen molar-refractivity contribution in [2.75, 3.05) is 5.32 Å². The minimum atomic E-state index is -0.211. The molecule has 2 unspecified atom stereocenters. The van der Waals surface area contributed by atoms with E-state index in [0.717, 1.165) is 12.1 Å². The molecule has 0 amide bonds. The molecule has 0 spiro atoms. The van der Waals surface area contributed by atoms with Crippen LogP contribution in [0.1, 0.15) is 17.9 Å². The largest absolute Gasteiger partial charge is 0.379 e. The Kier molecular flexibility index (Phi) is 2.91. The second-order valence-electron chi connectivity index (χ2n) is 4.43. The number of nitrogens with zero attached hydrogens (tertiary/aromatic N) is 1. The zero-order valence-electron chi connectivity index (χ0n) is 9.56. The van der Waals surface area contributed by atoms with Gasteiger partial charge < -0.3 is 5.32 Å². The number of aromatic amines is 1. The van der Waals surface area contributed by atoms with Gasteiger partial charge in [0.05, 0.1) is 11.9 Å². The number of nitrogens with one attached hydrogen (secondary N) is 2. The number of H-pyrrole nitrogens is 1. The highest BCUT2D eigenvalue weighted by atomic mass is 79.9. The second-order valence-corrected chi connectivity index (χ2v) is 5.22. The van der Waals surface area contributed by atoms with E-state index in [1.54, 1.807) is 6.20 Å². The van der Waals surface area contributed by atoms with Gasteiger partial charge in [0, 0.05) is 12.0 Å². The maximum Gasteiger partial charge on any atom is 0.280 e. The SMILES string of the molecule is O=c1[nH]ncc(NC2CC2c2ccccc2)c1Br. The first-order valence-electron chi connectivity index (χ1n) is 5.80. The molecule has 0 bridgehead atoms. The van der Waals surface area contributed by atoms with Gasteiger partial charge in [-0.1, -0.05) is 30.3 Å². The van der Waals surface area contributed by atoms with Crippen LogP contribution in [0.5, 0.6) is 0 Å². The molecule has 2 N–H and O–H groups in total. The normalized spacial score (nSPS) is 21.6. The van der Waals surface area contributed by atoms with Crippen molar-refractivity contribution in [3.63, 3.8) is 0 Å². The number of hydrogen-bond donors (Lipinski definition) is 2. The van der Waals surface area contributed by atoms with Gasteiger partial charge in [-0.15, -0.1) is 0 Å². The zero-order valence-corrected chi connectivity index (χ0v) is 11.1. The average Bonchev–Trinajstić information content (AvgIpc) is 3.15. The van der Waals surface area contributed by atoms with E-state index in [-0.39, 0.29) is 5.56 Å². The summed E-state index contributed by atoms with van der Waals surface area (Å²) < 4.78 is 0.510. The van der Waals surface area contributed by atoms with Crippen molar-refractivity contribution in [1.29, 1.82) is 0 Å². The first-order chi connectivity index (χ1) is 8.75. The van der Waals surface area contributed by atoms with E-state index in [2.05, 4.69) is 55.7 Å². The number of hydrogen-bond acceptors (Lipinski definition) is 3. The van der Waals surface area contributed by atoms with Gasteiger partial charge >= 0.3 is 0 Å². The summed E-state index contributed by atoms with van der Waals surface area (Å²) >= 11 is 3.27. The van der Waals surface area contributed by atoms with Crippen LogP contribution >= 0.6 is 15.9 Å². The lowest BCUT2D eigenvalue weighted by molar-refractivity contribution is 0.964. The topological polar surface area (TPSA) is 57.8 Å². The maximum absolute atomic E-state index is 11.4. The molecule has 92 valence electrons. The molecule has 1 saturated carbocycles. The lowest BCUT2D eigenvalue weighted by Crippen LogP contribution is -2.13. The van der Waals surface area contributed by atoms with Crippen LogP contribution in [-0.2, 0) is 0 Å². The molecule has 1 heterocycles. The molecule has 0 saturated heterocycles. The summed E-state index contributed by atoms with van der Waals surface area (Å²) in [5.74, 6) is 0.525. The van der Waals surface area contributed by atoms with Crippen molar-refractivity contribution in [2.45, 2.75) is 18.4 Å². The molecule has 1 fully saturated rings. The van der Waals surface area contributed by atoms with Gasteiger partial charge in [0.25, 0.3) is 5.56 Å². The van der Waals surface area contributed by atoms with Crippen molar-refractivity contribution < 1.29 is 0 Å². The van der Waals surface area contributed by atoms with E-state index in [4.69, 9.17) is 0 Å². The number of rotatable bonds is 3. The third kappa shape index (κ3) is 2.18. The summed E-state index contributed by atoms with van der Waals surface area (Å²) in [7, 11) is 0. The molecule has 2 atom stereocenters. The first kappa shape index (κ1) is 11.5. The predicted molar refractivity (Wildman–Crippen MR) is 73.8 cm³/mol. The fraction of sp³-hybridized carbons (Fsp3) is 0.231. The smallest absolute Gasteiger partial charge is 0.280 e. The Morgan fingerprint density at radius 2 is 2.11 bits per heavy atom. The molecular weight excluding hydrogens is 294 g/mol. The van der Waals surface area contributed by atoms with Crippen LogP contribution in [0, 0.1) is 0 Å². The van der Waals surface area contributed by atoms with Crippen LogP contribution in [0.2, 0.25) is 0 Å². The molecular formula is C13H12BrN3O. The van der Waals surface area contributed by atoms with Gasteiger partial charge in [0.15, 0.2) is 0 Å². The molecule has 4 nitrogen and oxygen atoms in total. The molecule has 0 radical (unpaired) electrons. The fourth-order valence-corrected chi connectivity index (χ4v) is 2.41. The molecule has 18 heavy (non-hydrogen) atoms. The quantitative estimate of drug-likeness (QED) is 0.916. The van der Waals surface area contributed by atoms with Crippen molar-refractivity contribution >= 4 is 21.6 Å². The highest BCUT2D eigenvalue weighted by molar-refractivity contribution is 9.10. The molecule has 1 aliphatic rings. The van der Waals surface area contributed by atoms with E-state index >= 15 is 0 Å². The summed E-state index contributed by atoms with van der Waals surface area (Å²) in [5.41, 5.74) is 1.88. The molecule has 2 aromatic rings. The Balaban J connectivity index is 1.73. The molecule has 3 rings (SSSR count). The number of aromatic nitrogens is 2. The van der Waals surface area contributed by atoms with Gasteiger partial charge in [-0.25, -0.2) is 5.10 Å². The van der Waals surface area contributed by atoms with E-state index in [9.17, 15) is 4.79 Å². The summed E-state index contributed by atoms with van der Waals surface area (Å²) in [6.07, 6.45) is 2.72. The van der Waals surface area contributed by atoms with Crippen LogP contribution in [0.25, 0.3) is 0 Å². The Bertz CT molecular complexity index is 611. The van der Waals surface area contributed by atoms with E-state index in [1.807, 2.05) is 6.07 Å². The number of benzene rings is 1. The lowest BCUT2D eigenvalue weighted by Gasteiger charge is -2.06. The molecule has 0 aliphatic heterocycles. The van der Waals surface area contributed by atoms with Crippen molar-refractivity contribution in [3.05, 3.63) is 56.9 Å². The summed E-state index contributed by atoms with van der Waals surface area (Å²) in [5, 5.41) is 9.52. The van der Waals surface area contributed by atoms with E-state index in [1.165, 1.54) is 5.56 Å². The van der Waals surface area contributed by atoms with Crippen LogP contribution < -0.4 is 10.9 Å². The highest BCUT2D eigenvalue weighted by Gasteiger charge is 2.38. The lowest BCUT2D eigenvalue weighted by atomic mass is 10.1. The molecule has 1 aromatic carbocycles. The number of halogens is 1. The third-order valence-electron chi connectivity index (χ3n) is 3.15. The van der Waals surface area contributed by atoms with E-state index in [0.29, 0.717) is 16.4 Å². The molecule has 1 aliphatic carbocycles. The summed E-state index contributed by atoms with van der Waals surface area (Å²) in [6.45, 7) is 0. The average molecular weight is 306 g/mol. The minimum Gasteiger partial charge on any atom is -0.379 e. The molecule has 1 aromatic heterocycles. The predicted octanol–water partition coefficient (Wildman–Crippen LogP) is 2.50. The summed E-state index contributed by atoms with van der Waals surface area (Å²) in [6, 6.07) is 10.8. The Morgan fingerprint density at radius 1 is 1.33 bits per heavy atom. The Hall–Kier alpha value is -1.62. The van der Waals surface area contributed by atoms with Gasteiger partial charge in [-0.3, -0.25) is 4.79 Å². The highest BCUT2D eigenvalue weighted by Crippen LogP contribution is 2.43. The van der Waals surface area contributed by atoms with Gasteiger partial charge in [0.1, 0.15) is 4.47 Å². The third-order valence-corrected chi connectivity index (χ3v) is 3.94. The number of anilines is 1. The zero-order chi connectivity index (χ0) is 12.5. The van der Waals surface area contributed by atoms with Crippen LogP contribution in [0.15, 0.2) is 45.8 Å². The van der Waals surface area contributed by atoms with Gasteiger partial charge in [-0.2, -0.15) is 5.10 Å². The second kappa shape index (κ2) is 4.57. The van der Waals surface area contributed by atoms with Crippen molar-refractivity contribution in [1.82, 2.24) is 10.2 Å². The van der Waals surface area contributed by atoms with Crippen molar-refractivity contribution in [2.24, 2.45) is 0 Å². The monoisotopic (exact) mass is 305 g/mol.